The Hall–Kier alpha value is -1.66. The number of aryl methyl sites for hydroxylation is 1. The molecule has 100 valence electrons. The van der Waals surface area contributed by atoms with E-state index in [1.165, 1.54) is 6.20 Å². The van der Waals surface area contributed by atoms with Crippen molar-refractivity contribution in [3.05, 3.63) is 23.0 Å². The molecule has 1 aromatic heterocycles. The van der Waals surface area contributed by atoms with Crippen LogP contribution in [-0.4, -0.2) is 34.3 Å². The Morgan fingerprint density at radius 3 is 2.89 bits per heavy atom. The Morgan fingerprint density at radius 1 is 1.56 bits per heavy atom. The third kappa shape index (κ3) is 3.68. The van der Waals surface area contributed by atoms with Gasteiger partial charge in [0.25, 0.3) is 0 Å². The van der Waals surface area contributed by atoms with Gasteiger partial charge in [-0.15, -0.1) is 0 Å². The van der Waals surface area contributed by atoms with Crippen molar-refractivity contribution in [2.75, 3.05) is 13.2 Å². The summed E-state index contributed by atoms with van der Waals surface area (Å²) in [5.74, 6) is -0.314. The molecule has 0 saturated carbocycles. The number of aromatic hydroxyl groups is 1. The average Bonchev–Trinajstić information content (AvgIpc) is 2.35. The van der Waals surface area contributed by atoms with Crippen LogP contribution in [-0.2, 0) is 22.7 Å². The molecule has 1 heterocycles. The van der Waals surface area contributed by atoms with Gasteiger partial charge in [-0.1, -0.05) is 0 Å². The van der Waals surface area contributed by atoms with Crippen LogP contribution in [0.3, 0.4) is 0 Å². The maximum absolute atomic E-state index is 11.1. The molecule has 0 aliphatic heterocycles. The van der Waals surface area contributed by atoms with E-state index in [0.717, 1.165) is 0 Å². The lowest BCUT2D eigenvalue weighted by Crippen LogP contribution is -2.25. The summed E-state index contributed by atoms with van der Waals surface area (Å²) in [5, 5.41) is 21.9. The van der Waals surface area contributed by atoms with E-state index in [1.807, 2.05) is 0 Å². The number of rotatable bonds is 6. The quantitative estimate of drug-likeness (QED) is 0.630. The van der Waals surface area contributed by atoms with Crippen molar-refractivity contribution in [2.24, 2.45) is 0 Å². The number of aliphatic hydroxyl groups is 1. The molecule has 6 nitrogen and oxygen atoms in total. The maximum Gasteiger partial charge on any atom is 0.319 e. The highest BCUT2D eigenvalue weighted by Gasteiger charge is 2.11. The molecule has 0 unspecified atom stereocenters. The van der Waals surface area contributed by atoms with Gasteiger partial charge in [0.05, 0.1) is 25.5 Å². The SMILES string of the molecule is CCOC(=O)CNCc1c(CO)cnc(C)c1O. The highest BCUT2D eigenvalue weighted by Crippen LogP contribution is 2.23. The highest BCUT2D eigenvalue weighted by molar-refractivity contribution is 5.71. The molecule has 18 heavy (non-hydrogen) atoms. The molecule has 0 aromatic carbocycles. The lowest BCUT2D eigenvalue weighted by atomic mass is 10.1. The molecule has 0 atom stereocenters. The van der Waals surface area contributed by atoms with Crippen LogP contribution in [0.15, 0.2) is 6.20 Å². The van der Waals surface area contributed by atoms with Crippen LogP contribution in [0.25, 0.3) is 0 Å². The second-order valence-electron chi connectivity index (χ2n) is 3.76. The lowest BCUT2D eigenvalue weighted by Gasteiger charge is -2.12. The molecular formula is C12H18N2O4. The predicted molar refractivity (Wildman–Crippen MR) is 64.9 cm³/mol. The van der Waals surface area contributed by atoms with Crippen LogP contribution >= 0.6 is 0 Å². The smallest absolute Gasteiger partial charge is 0.319 e. The third-order valence-corrected chi connectivity index (χ3v) is 2.48. The van der Waals surface area contributed by atoms with Crippen LogP contribution in [0.2, 0.25) is 0 Å². The van der Waals surface area contributed by atoms with Crippen molar-refractivity contribution < 1.29 is 19.7 Å². The number of hydrogen-bond donors (Lipinski definition) is 3. The van der Waals surface area contributed by atoms with Gasteiger partial charge in [0, 0.05) is 23.9 Å². The standard InChI is InChI=1S/C12H18N2O4/c1-3-18-11(16)6-13-5-10-9(7-15)4-14-8(2)12(10)17/h4,13,15,17H,3,5-7H2,1-2H3. The summed E-state index contributed by atoms with van der Waals surface area (Å²) in [6.07, 6.45) is 1.51. The largest absolute Gasteiger partial charge is 0.506 e. The second-order valence-corrected chi connectivity index (χ2v) is 3.76. The molecule has 0 aliphatic carbocycles. The molecule has 0 aliphatic rings. The average molecular weight is 254 g/mol. The topological polar surface area (TPSA) is 91.7 Å². The number of pyridine rings is 1. The number of aromatic nitrogens is 1. The normalized spacial score (nSPS) is 10.4. The van der Waals surface area contributed by atoms with Crippen molar-refractivity contribution >= 4 is 5.97 Å². The first-order valence-corrected chi connectivity index (χ1v) is 5.73. The molecule has 0 amide bonds. The summed E-state index contributed by atoms with van der Waals surface area (Å²) in [6.45, 7) is 3.86. The third-order valence-electron chi connectivity index (χ3n) is 2.48. The van der Waals surface area contributed by atoms with Crippen molar-refractivity contribution in [1.29, 1.82) is 0 Å². The number of aliphatic hydroxyl groups excluding tert-OH is 1. The van der Waals surface area contributed by atoms with Crippen LogP contribution in [0, 0.1) is 6.92 Å². The lowest BCUT2D eigenvalue weighted by molar-refractivity contribution is -0.142. The van der Waals surface area contributed by atoms with Gasteiger partial charge in [-0.05, 0) is 13.8 Å². The van der Waals surface area contributed by atoms with Gasteiger partial charge in [-0.3, -0.25) is 9.78 Å². The Morgan fingerprint density at radius 2 is 2.28 bits per heavy atom. The fourth-order valence-electron chi connectivity index (χ4n) is 1.52. The van der Waals surface area contributed by atoms with Crippen molar-refractivity contribution in [1.82, 2.24) is 10.3 Å². The minimum absolute atomic E-state index is 0.0397. The van der Waals surface area contributed by atoms with E-state index >= 15 is 0 Å². The van der Waals surface area contributed by atoms with Crippen molar-refractivity contribution in [3.63, 3.8) is 0 Å². The molecule has 0 saturated heterocycles. The van der Waals surface area contributed by atoms with E-state index < -0.39 is 0 Å². The summed E-state index contributed by atoms with van der Waals surface area (Å²) in [4.78, 5) is 15.1. The monoisotopic (exact) mass is 254 g/mol. The van der Waals surface area contributed by atoms with E-state index in [4.69, 9.17) is 9.84 Å². The van der Waals surface area contributed by atoms with Crippen LogP contribution in [0.4, 0.5) is 0 Å². The summed E-state index contributed by atoms with van der Waals surface area (Å²) >= 11 is 0. The molecule has 1 rings (SSSR count). The summed E-state index contributed by atoms with van der Waals surface area (Å²) < 4.78 is 4.76. The predicted octanol–water partition coefficient (Wildman–Crippen LogP) is 0.241. The van der Waals surface area contributed by atoms with Gasteiger partial charge >= 0.3 is 5.97 Å². The zero-order valence-corrected chi connectivity index (χ0v) is 10.6. The summed E-state index contributed by atoms with van der Waals surface area (Å²) in [5.41, 5.74) is 1.57. The number of nitrogens with zero attached hydrogens (tertiary/aromatic N) is 1. The number of esters is 1. The molecule has 0 fully saturated rings. The number of nitrogens with one attached hydrogen (secondary N) is 1. The van der Waals surface area contributed by atoms with Gasteiger partial charge in [-0.25, -0.2) is 0 Å². The summed E-state index contributed by atoms with van der Waals surface area (Å²) in [6, 6.07) is 0. The van der Waals surface area contributed by atoms with Gasteiger partial charge in [-0.2, -0.15) is 0 Å². The highest BCUT2D eigenvalue weighted by atomic mass is 16.5. The second kappa shape index (κ2) is 6.93. The van der Waals surface area contributed by atoms with Crippen LogP contribution in [0.5, 0.6) is 5.75 Å². The van der Waals surface area contributed by atoms with E-state index in [2.05, 4.69) is 10.3 Å². The Kier molecular flexibility index (Phi) is 5.54. The Labute approximate surface area is 106 Å². The first-order valence-electron chi connectivity index (χ1n) is 5.73. The molecule has 3 N–H and O–H groups in total. The van der Waals surface area contributed by atoms with Gasteiger partial charge in [0.2, 0.25) is 0 Å². The fourth-order valence-corrected chi connectivity index (χ4v) is 1.52. The maximum atomic E-state index is 11.1. The number of carbonyl (C=O) groups is 1. The first-order chi connectivity index (χ1) is 8.60. The van der Waals surface area contributed by atoms with E-state index in [-0.39, 0.29) is 31.4 Å². The van der Waals surface area contributed by atoms with Crippen LogP contribution < -0.4 is 5.32 Å². The molecular weight excluding hydrogens is 236 g/mol. The zero-order valence-electron chi connectivity index (χ0n) is 10.6. The minimum Gasteiger partial charge on any atom is -0.506 e. The van der Waals surface area contributed by atoms with E-state index in [9.17, 15) is 9.90 Å². The number of ether oxygens (including phenoxy) is 1. The molecule has 0 spiro atoms. The molecule has 0 radical (unpaired) electrons. The van der Waals surface area contributed by atoms with Crippen molar-refractivity contribution in [3.8, 4) is 5.75 Å². The van der Waals surface area contributed by atoms with Gasteiger partial charge in [0.15, 0.2) is 0 Å². The number of carbonyl (C=O) groups excluding carboxylic acids is 1. The molecule has 0 bridgehead atoms. The zero-order chi connectivity index (χ0) is 13.5. The minimum atomic E-state index is -0.353. The molecule has 1 aromatic rings. The Balaban J connectivity index is 2.66. The van der Waals surface area contributed by atoms with Gasteiger partial charge < -0.3 is 20.3 Å². The summed E-state index contributed by atoms with van der Waals surface area (Å²) in [7, 11) is 0. The first kappa shape index (κ1) is 14.4. The van der Waals surface area contributed by atoms with E-state index in [1.54, 1.807) is 13.8 Å². The van der Waals surface area contributed by atoms with Crippen LogP contribution in [0.1, 0.15) is 23.7 Å². The van der Waals surface area contributed by atoms with Gasteiger partial charge in [0.1, 0.15) is 5.75 Å². The Bertz CT molecular complexity index is 421. The fraction of sp³-hybridized carbons (Fsp3) is 0.500. The van der Waals surface area contributed by atoms with Crippen molar-refractivity contribution in [2.45, 2.75) is 27.0 Å². The number of hydrogen-bond acceptors (Lipinski definition) is 6. The molecule has 6 heteroatoms. The van der Waals surface area contributed by atoms with E-state index in [0.29, 0.717) is 23.4 Å².